The number of fused-ring (bicyclic) bond motifs is 2. The highest BCUT2D eigenvalue weighted by molar-refractivity contribution is 5.78. The molecule has 1 amide bonds. The molecule has 4 heteroatoms. The molecule has 2 aliphatic rings. The van der Waals surface area contributed by atoms with Crippen LogP contribution in [0.2, 0.25) is 0 Å². The van der Waals surface area contributed by atoms with Crippen LogP contribution >= 0.6 is 0 Å². The van der Waals surface area contributed by atoms with Crippen LogP contribution < -0.4 is 10.6 Å². The van der Waals surface area contributed by atoms with Crippen LogP contribution in [0.5, 0.6) is 0 Å². The van der Waals surface area contributed by atoms with E-state index in [0.29, 0.717) is 24.7 Å². The molecule has 0 aliphatic carbocycles. The summed E-state index contributed by atoms with van der Waals surface area (Å²) in [6, 6.07) is 1.60. The summed E-state index contributed by atoms with van der Waals surface area (Å²) in [6.45, 7) is 9.30. The van der Waals surface area contributed by atoms with Crippen molar-refractivity contribution in [1.29, 1.82) is 0 Å². The number of nitrogens with zero attached hydrogens (tertiary/aromatic N) is 1. The third-order valence-electron chi connectivity index (χ3n) is 4.80. The van der Waals surface area contributed by atoms with Crippen molar-refractivity contribution in [3.8, 4) is 0 Å². The fraction of sp³-hybridized carbons (Fsp3) is 0.941. The molecule has 0 saturated carbocycles. The summed E-state index contributed by atoms with van der Waals surface area (Å²) in [6.07, 6.45) is 7.33. The average molecular weight is 295 g/mol. The number of hydrogen-bond donors (Lipinski definition) is 2. The second kappa shape index (κ2) is 8.14. The van der Waals surface area contributed by atoms with E-state index in [1.807, 2.05) is 0 Å². The van der Waals surface area contributed by atoms with Gasteiger partial charge in [0.05, 0.1) is 6.54 Å². The van der Waals surface area contributed by atoms with Gasteiger partial charge >= 0.3 is 0 Å². The van der Waals surface area contributed by atoms with Crippen LogP contribution in [-0.4, -0.2) is 48.6 Å². The molecule has 122 valence electrons. The van der Waals surface area contributed by atoms with Crippen LogP contribution in [0.3, 0.4) is 0 Å². The molecule has 3 atom stereocenters. The molecule has 0 aromatic rings. The van der Waals surface area contributed by atoms with E-state index in [1.165, 1.54) is 32.1 Å². The molecule has 2 bridgehead atoms. The number of hydrogen-bond acceptors (Lipinski definition) is 3. The third-order valence-corrected chi connectivity index (χ3v) is 4.80. The summed E-state index contributed by atoms with van der Waals surface area (Å²) in [5, 5.41) is 6.83. The van der Waals surface area contributed by atoms with E-state index in [1.54, 1.807) is 0 Å². The number of amides is 1. The van der Waals surface area contributed by atoms with Gasteiger partial charge in [0.15, 0.2) is 0 Å². The van der Waals surface area contributed by atoms with Gasteiger partial charge in [0.25, 0.3) is 0 Å². The van der Waals surface area contributed by atoms with Crippen LogP contribution in [0.1, 0.15) is 59.3 Å². The molecule has 21 heavy (non-hydrogen) atoms. The van der Waals surface area contributed by atoms with Gasteiger partial charge in [-0.1, -0.05) is 26.7 Å². The van der Waals surface area contributed by atoms with Crippen molar-refractivity contribution in [2.45, 2.75) is 77.4 Å². The standard InChI is InChI=1S/C17H33N3O/c1-13(2)5-4-6-14(3)18-17(21)12-20-10-9-15-7-8-16(11-20)19-15/h13-16,19H,4-12H2,1-3H3,(H,18,21). The smallest absolute Gasteiger partial charge is 0.234 e. The molecule has 0 aromatic carbocycles. The molecular formula is C17H33N3O. The van der Waals surface area contributed by atoms with Gasteiger partial charge in [-0.15, -0.1) is 0 Å². The van der Waals surface area contributed by atoms with Crippen LogP contribution in [0.4, 0.5) is 0 Å². The number of carbonyl (C=O) groups excluding carboxylic acids is 1. The van der Waals surface area contributed by atoms with Crippen molar-refractivity contribution in [1.82, 2.24) is 15.5 Å². The Balaban J connectivity index is 1.64. The zero-order valence-corrected chi connectivity index (χ0v) is 14.0. The molecule has 0 aromatic heterocycles. The van der Waals surface area contributed by atoms with E-state index in [4.69, 9.17) is 0 Å². The second-order valence-electron chi connectivity index (χ2n) is 7.45. The van der Waals surface area contributed by atoms with Crippen molar-refractivity contribution in [2.24, 2.45) is 5.92 Å². The normalized spacial score (nSPS) is 27.6. The molecular weight excluding hydrogens is 262 g/mol. The lowest BCUT2D eigenvalue weighted by Crippen LogP contribution is -2.44. The molecule has 2 aliphatic heterocycles. The fourth-order valence-electron chi connectivity index (χ4n) is 3.59. The van der Waals surface area contributed by atoms with Crippen molar-refractivity contribution in [2.75, 3.05) is 19.6 Å². The summed E-state index contributed by atoms with van der Waals surface area (Å²) in [7, 11) is 0. The molecule has 4 nitrogen and oxygen atoms in total. The topological polar surface area (TPSA) is 44.4 Å². The zero-order valence-electron chi connectivity index (χ0n) is 14.0. The minimum atomic E-state index is 0.199. The summed E-state index contributed by atoms with van der Waals surface area (Å²) in [4.78, 5) is 14.5. The van der Waals surface area contributed by atoms with Crippen molar-refractivity contribution in [3.63, 3.8) is 0 Å². The van der Waals surface area contributed by atoms with Gasteiger partial charge in [-0.05, 0) is 38.5 Å². The second-order valence-corrected chi connectivity index (χ2v) is 7.45. The molecule has 2 heterocycles. The maximum atomic E-state index is 12.2. The summed E-state index contributed by atoms with van der Waals surface area (Å²) in [5.41, 5.74) is 0. The molecule has 2 fully saturated rings. The van der Waals surface area contributed by atoms with Gasteiger partial charge in [0.2, 0.25) is 5.91 Å². The Bertz CT molecular complexity index is 332. The van der Waals surface area contributed by atoms with Gasteiger partial charge in [0, 0.05) is 31.2 Å². The lowest BCUT2D eigenvalue weighted by Gasteiger charge is -2.24. The van der Waals surface area contributed by atoms with E-state index < -0.39 is 0 Å². The molecule has 0 spiro atoms. The first-order valence-corrected chi connectivity index (χ1v) is 8.80. The quantitative estimate of drug-likeness (QED) is 0.756. The van der Waals surface area contributed by atoms with E-state index >= 15 is 0 Å². The van der Waals surface area contributed by atoms with Crippen LogP contribution in [-0.2, 0) is 4.79 Å². The van der Waals surface area contributed by atoms with Crippen LogP contribution in [0, 0.1) is 5.92 Å². The first-order valence-electron chi connectivity index (χ1n) is 8.80. The number of nitrogens with one attached hydrogen (secondary N) is 2. The number of likely N-dealkylation sites (tertiary alicyclic amines) is 1. The SMILES string of the molecule is CC(C)CCCC(C)NC(=O)CN1CCC2CCC(C1)N2. The first-order chi connectivity index (χ1) is 10.0. The molecule has 2 N–H and O–H groups in total. The minimum Gasteiger partial charge on any atom is -0.353 e. The van der Waals surface area contributed by atoms with E-state index in [2.05, 4.69) is 36.3 Å². The van der Waals surface area contributed by atoms with Crippen LogP contribution in [0.15, 0.2) is 0 Å². The number of carbonyl (C=O) groups is 1. The maximum Gasteiger partial charge on any atom is 0.234 e. The Morgan fingerprint density at radius 1 is 1.19 bits per heavy atom. The highest BCUT2D eigenvalue weighted by Crippen LogP contribution is 2.20. The average Bonchev–Trinajstić information content (AvgIpc) is 2.72. The molecule has 2 saturated heterocycles. The molecule has 2 rings (SSSR count). The Morgan fingerprint density at radius 2 is 1.95 bits per heavy atom. The summed E-state index contributed by atoms with van der Waals surface area (Å²) >= 11 is 0. The first kappa shape index (κ1) is 16.8. The lowest BCUT2D eigenvalue weighted by molar-refractivity contribution is -0.122. The molecule has 0 radical (unpaired) electrons. The Hall–Kier alpha value is -0.610. The monoisotopic (exact) mass is 295 g/mol. The number of rotatable bonds is 7. The van der Waals surface area contributed by atoms with Gasteiger partial charge in [-0.2, -0.15) is 0 Å². The van der Waals surface area contributed by atoms with Crippen LogP contribution in [0.25, 0.3) is 0 Å². The zero-order chi connectivity index (χ0) is 15.2. The van der Waals surface area contributed by atoms with Crippen molar-refractivity contribution in [3.05, 3.63) is 0 Å². The summed E-state index contributed by atoms with van der Waals surface area (Å²) < 4.78 is 0. The molecule has 3 unspecified atom stereocenters. The highest BCUT2D eigenvalue weighted by atomic mass is 16.2. The van der Waals surface area contributed by atoms with Crippen molar-refractivity contribution >= 4 is 5.91 Å². The Morgan fingerprint density at radius 3 is 2.71 bits per heavy atom. The third kappa shape index (κ3) is 5.95. The van der Waals surface area contributed by atoms with Gasteiger partial charge in [0.1, 0.15) is 0 Å². The lowest BCUT2D eigenvalue weighted by atomic mass is 10.0. The van der Waals surface area contributed by atoms with Gasteiger partial charge < -0.3 is 10.6 Å². The fourth-order valence-corrected chi connectivity index (χ4v) is 3.59. The Labute approximate surface area is 130 Å². The van der Waals surface area contributed by atoms with Gasteiger partial charge in [-0.25, -0.2) is 0 Å². The highest BCUT2D eigenvalue weighted by Gasteiger charge is 2.29. The maximum absolute atomic E-state index is 12.2. The predicted molar refractivity (Wildman–Crippen MR) is 87.3 cm³/mol. The largest absolute Gasteiger partial charge is 0.353 e. The van der Waals surface area contributed by atoms with E-state index in [0.717, 1.165) is 25.4 Å². The summed E-state index contributed by atoms with van der Waals surface area (Å²) in [5.74, 6) is 0.956. The van der Waals surface area contributed by atoms with Gasteiger partial charge in [-0.3, -0.25) is 9.69 Å². The van der Waals surface area contributed by atoms with Crippen molar-refractivity contribution < 1.29 is 4.79 Å². The van der Waals surface area contributed by atoms with E-state index in [9.17, 15) is 4.79 Å². The Kier molecular flexibility index (Phi) is 6.49. The predicted octanol–water partition coefficient (Wildman–Crippen LogP) is 2.14. The minimum absolute atomic E-state index is 0.199. The van der Waals surface area contributed by atoms with E-state index in [-0.39, 0.29) is 5.91 Å².